The summed E-state index contributed by atoms with van der Waals surface area (Å²) in [7, 11) is 0. The Morgan fingerprint density at radius 1 is 0.493 bits per heavy atom. The van der Waals surface area contributed by atoms with Crippen LogP contribution in [0.25, 0.3) is 0 Å². The first kappa shape index (κ1) is 58.3. The first-order valence-corrected chi connectivity index (χ1v) is 27.4. The van der Waals surface area contributed by atoms with E-state index in [4.69, 9.17) is 37.9 Å². The molecule has 5 aliphatic carbocycles. The lowest BCUT2D eigenvalue weighted by molar-refractivity contribution is -0.402. The van der Waals surface area contributed by atoms with Crippen molar-refractivity contribution in [3.63, 3.8) is 0 Å². The van der Waals surface area contributed by atoms with Gasteiger partial charge in [-0.15, -0.1) is 0 Å². The summed E-state index contributed by atoms with van der Waals surface area (Å²) >= 11 is 0. The molecule has 4 saturated heterocycles. The van der Waals surface area contributed by atoms with Crippen LogP contribution in [0.4, 0.5) is 0 Å². The SMILES string of the molecule is C[C@@H]1O[C@@H](O[C@H]2[C@H](O)[C@@H](O)[C@H](O[C@H]3[C@@H](O)[C@@H](C)O[C@@H](O[C@H]4CC[C@]5(C)C6=CC=C7[C@@H]8CC(C)(C)CC[C@]8(CO)CC[C@@]7(C)[C@]6(C)CC[C@H]5[C@]4(C)CO)[C@@H]3O[C@@H]3O[C@H](CO)[C@@H](O)[C@H](O)[C@H]3O)O[C@@H]2CO)[C@H](O)[C@H](O)[C@H]1O. The second kappa shape index (κ2) is 21.2. The fourth-order valence-electron chi connectivity index (χ4n) is 15.8. The van der Waals surface area contributed by atoms with Gasteiger partial charge in [0.1, 0.15) is 85.5 Å². The van der Waals surface area contributed by atoms with Crippen molar-refractivity contribution < 1.29 is 104 Å². The molecule has 28 atom stereocenters. The van der Waals surface area contributed by atoms with Crippen molar-refractivity contribution in [3.8, 4) is 0 Å². The summed E-state index contributed by atoms with van der Waals surface area (Å²) in [4.78, 5) is 0. The Balaban J connectivity index is 1.01. The normalized spacial score (nSPS) is 54.9. The Morgan fingerprint density at radius 2 is 1.05 bits per heavy atom. The Bertz CT molecular complexity index is 2070. The lowest BCUT2D eigenvalue weighted by Crippen LogP contribution is -2.68. The first-order valence-electron chi connectivity index (χ1n) is 27.4. The summed E-state index contributed by atoms with van der Waals surface area (Å²) in [5.41, 5.74) is 1.15. The molecular formula is C54H88O21. The van der Waals surface area contributed by atoms with Gasteiger partial charge in [0.25, 0.3) is 0 Å². The number of aliphatic hydroxyl groups excluding tert-OH is 13. The van der Waals surface area contributed by atoms with Crippen molar-refractivity contribution in [2.24, 2.45) is 44.3 Å². The number of aliphatic hydroxyl groups is 13. The molecule has 0 radical (unpaired) electrons. The van der Waals surface area contributed by atoms with Crippen LogP contribution in [0.15, 0.2) is 23.3 Å². The van der Waals surface area contributed by atoms with Crippen LogP contribution in [-0.4, -0.2) is 222 Å². The predicted octanol–water partition coefficient (Wildman–Crippen LogP) is -0.614. The van der Waals surface area contributed by atoms with E-state index >= 15 is 0 Å². The zero-order valence-corrected chi connectivity index (χ0v) is 44.7. The van der Waals surface area contributed by atoms with Crippen molar-refractivity contribution in [3.05, 3.63) is 23.3 Å². The zero-order valence-electron chi connectivity index (χ0n) is 44.7. The van der Waals surface area contributed by atoms with Crippen LogP contribution in [0.5, 0.6) is 0 Å². The largest absolute Gasteiger partial charge is 0.396 e. The van der Waals surface area contributed by atoms with Crippen LogP contribution in [0.3, 0.4) is 0 Å². The van der Waals surface area contributed by atoms with Gasteiger partial charge in [0.15, 0.2) is 25.2 Å². The fraction of sp³-hybridized carbons (Fsp3) is 0.926. The third kappa shape index (κ3) is 9.47. The van der Waals surface area contributed by atoms with Gasteiger partial charge < -0.3 is 104 Å². The molecule has 0 spiro atoms. The summed E-state index contributed by atoms with van der Waals surface area (Å²) in [6.45, 7) is 15.1. The van der Waals surface area contributed by atoms with Crippen LogP contribution in [0.2, 0.25) is 0 Å². The van der Waals surface area contributed by atoms with Gasteiger partial charge in [0, 0.05) is 17.4 Å². The third-order valence-electron chi connectivity index (χ3n) is 21.0. The molecule has 75 heavy (non-hydrogen) atoms. The molecule has 430 valence electrons. The fourth-order valence-corrected chi connectivity index (χ4v) is 15.8. The molecule has 9 rings (SSSR count). The molecule has 0 amide bonds. The maximum Gasteiger partial charge on any atom is 0.187 e. The number of fused-ring (bicyclic) bond motifs is 7. The van der Waals surface area contributed by atoms with Gasteiger partial charge in [-0.05, 0) is 105 Å². The van der Waals surface area contributed by atoms with E-state index in [0.717, 1.165) is 44.9 Å². The predicted molar refractivity (Wildman–Crippen MR) is 261 cm³/mol. The molecule has 0 aromatic rings. The van der Waals surface area contributed by atoms with E-state index in [1.165, 1.54) is 25.0 Å². The van der Waals surface area contributed by atoms with Gasteiger partial charge in [0.2, 0.25) is 0 Å². The molecule has 0 aromatic heterocycles. The van der Waals surface area contributed by atoms with E-state index in [2.05, 4.69) is 46.8 Å². The monoisotopic (exact) mass is 1070 g/mol. The van der Waals surface area contributed by atoms with Gasteiger partial charge in [-0.1, -0.05) is 64.8 Å². The highest BCUT2D eigenvalue weighted by Crippen LogP contribution is 2.75. The standard InChI is InChI=1S/C54H88O21/c1-24-33(59)36(62)39(65)45(68-24)73-42-29(21-56)71-47(41(67)38(42)64)74-43-34(60)25(2)69-48(44(43)75-46-40(66)37(63)35(61)28(20-55)70-46)72-32-12-13-50(5)30(51(32,6)22-57)11-14-53(8)31(50)10-9-26-27-19-49(3,4)15-17-54(27,23-58)18-16-52(26,53)7/h9-10,24-25,27-30,32-48,55-67H,11-23H2,1-8H3/t24-,25+,27-,28+,29+,30+,32-,33-,34-,35+,36+,37-,38+,39+,40+,41+,42+,43-,44+,45-,46-,47-,48-,50-,51-,52+,53+,54+/m0/s1. The second-order valence-electron chi connectivity index (χ2n) is 25.7. The summed E-state index contributed by atoms with van der Waals surface area (Å²) < 4.78 is 49.3. The average Bonchev–Trinajstić information content (AvgIpc) is 3.37. The molecule has 0 aromatic carbocycles. The van der Waals surface area contributed by atoms with Gasteiger partial charge in [-0.3, -0.25) is 0 Å². The number of rotatable bonds is 12. The molecule has 0 bridgehead atoms. The summed E-state index contributed by atoms with van der Waals surface area (Å²) in [6, 6.07) is 0. The van der Waals surface area contributed by atoms with E-state index < -0.39 is 148 Å². The minimum absolute atomic E-state index is 0.113. The Kier molecular flexibility index (Phi) is 16.5. The smallest absolute Gasteiger partial charge is 0.187 e. The molecule has 4 heterocycles. The van der Waals surface area contributed by atoms with Gasteiger partial charge in [-0.25, -0.2) is 0 Å². The molecule has 21 nitrogen and oxygen atoms in total. The highest BCUT2D eigenvalue weighted by Gasteiger charge is 2.68. The van der Waals surface area contributed by atoms with E-state index in [9.17, 15) is 66.4 Å². The van der Waals surface area contributed by atoms with Crippen LogP contribution in [-0.2, 0) is 37.9 Å². The second-order valence-corrected chi connectivity index (χ2v) is 25.7. The van der Waals surface area contributed by atoms with Crippen LogP contribution in [0, 0.1) is 44.3 Å². The van der Waals surface area contributed by atoms with Crippen LogP contribution >= 0.6 is 0 Å². The van der Waals surface area contributed by atoms with Crippen LogP contribution in [0.1, 0.15) is 113 Å². The van der Waals surface area contributed by atoms with E-state index in [1.807, 2.05) is 6.92 Å². The van der Waals surface area contributed by atoms with Crippen molar-refractivity contribution >= 4 is 0 Å². The Morgan fingerprint density at radius 3 is 1.69 bits per heavy atom. The van der Waals surface area contributed by atoms with Gasteiger partial charge in [-0.2, -0.15) is 0 Å². The summed E-state index contributed by atoms with van der Waals surface area (Å²) in [6.07, 6.45) is -21.2. The average molecular weight is 1070 g/mol. The van der Waals surface area contributed by atoms with Crippen molar-refractivity contribution in [1.82, 2.24) is 0 Å². The van der Waals surface area contributed by atoms with Crippen LogP contribution < -0.4 is 0 Å². The molecule has 9 aliphatic rings. The molecule has 8 fully saturated rings. The van der Waals surface area contributed by atoms with Crippen molar-refractivity contribution in [2.75, 3.05) is 26.4 Å². The lowest BCUT2D eigenvalue weighted by Gasteiger charge is -2.69. The maximum atomic E-state index is 11.9. The molecular weight excluding hydrogens is 985 g/mol. The molecule has 13 N–H and O–H groups in total. The van der Waals surface area contributed by atoms with Crippen molar-refractivity contribution in [1.29, 1.82) is 0 Å². The van der Waals surface area contributed by atoms with Gasteiger partial charge in [0.05, 0.1) is 38.1 Å². The molecule has 4 aliphatic heterocycles. The lowest BCUT2D eigenvalue weighted by atomic mass is 9.36. The highest BCUT2D eigenvalue weighted by atomic mass is 16.8. The van der Waals surface area contributed by atoms with Gasteiger partial charge >= 0.3 is 0 Å². The first-order chi connectivity index (χ1) is 35.2. The topological polar surface area (TPSA) is 337 Å². The molecule has 21 heteroatoms. The van der Waals surface area contributed by atoms with Crippen molar-refractivity contribution in [2.45, 2.75) is 242 Å². The minimum atomic E-state index is -2.00. The summed E-state index contributed by atoms with van der Waals surface area (Å²) in [5.74, 6) is 0.158. The third-order valence-corrected chi connectivity index (χ3v) is 21.0. The summed E-state index contributed by atoms with van der Waals surface area (Å²) in [5, 5.41) is 143. The quantitative estimate of drug-likeness (QED) is 0.108. The van der Waals surface area contributed by atoms with E-state index in [-0.39, 0.29) is 52.1 Å². The minimum Gasteiger partial charge on any atom is -0.396 e. The van der Waals surface area contributed by atoms with E-state index in [1.54, 1.807) is 0 Å². The Hall–Kier alpha value is -1.36. The highest BCUT2D eigenvalue weighted by molar-refractivity contribution is 5.46. The number of hydrogen-bond donors (Lipinski definition) is 13. The number of hydrogen-bond acceptors (Lipinski definition) is 21. The molecule has 4 saturated carbocycles. The molecule has 0 unspecified atom stereocenters. The Labute approximate surface area is 439 Å². The number of ether oxygens (including phenoxy) is 8. The zero-order chi connectivity index (χ0) is 54.7. The number of allylic oxidation sites excluding steroid dienone is 4. The van der Waals surface area contributed by atoms with E-state index in [0.29, 0.717) is 12.8 Å². The maximum absolute atomic E-state index is 11.9.